The van der Waals surface area contributed by atoms with Crippen molar-refractivity contribution >= 4 is 17.4 Å². The Kier molecular flexibility index (Phi) is 6.22. The summed E-state index contributed by atoms with van der Waals surface area (Å²) < 4.78 is 43.2. The number of halogens is 4. The first-order chi connectivity index (χ1) is 13.7. The highest BCUT2D eigenvalue weighted by Gasteiger charge is 2.30. The summed E-state index contributed by atoms with van der Waals surface area (Å²) in [6.45, 7) is 2.52. The van der Waals surface area contributed by atoms with Gasteiger partial charge in [0, 0.05) is 25.9 Å². The van der Waals surface area contributed by atoms with Crippen LogP contribution in [0.4, 0.5) is 19.0 Å². The van der Waals surface area contributed by atoms with Crippen molar-refractivity contribution in [2.24, 2.45) is 0 Å². The fraction of sp³-hybridized carbons (Fsp3) is 0.250. The average molecular weight is 423 g/mol. The van der Waals surface area contributed by atoms with E-state index in [9.17, 15) is 13.2 Å². The van der Waals surface area contributed by atoms with Crippen LogP contribution in [0.15, 0.2) is 48.9 Å². The van der Waals surface area contributed by atoms with Crippen molar-refractivity contribution in [1.29, 1.82) is 0 Å². The predicted molar refractivity (Wildman–Crippen MR) is 105 cm³/mol. The number of aromatic nitrogens is 3. The molecule has 1 aromatic carbocycles. The molecule has 9 heteroatoms. The Bertz CT molecular complexity index is 963. The molecule has 0 bridgehead atoms. The first kappa shape index (κ1) is 20.9. The standard InChI is InChI=1S/C20H18ClF3N4O/c1-13-18(21)19(27-12-26-13)28(2)10-9-14-3-6-16(7-4-14)29-17-8-5-15(11-25-17)20(22,23)24/h3-8,11-12H,9-10H2,1-2H3. The molecule has 5 nitrogen and oxygen atoms in total. The third-order valence-electron chi connectivity index (χ3n) is 4.25. The lowest BCUT2D eigenvalue weighted by Crippen LogP contribution is -2.22. The van der Waals surface area contributed by atoms with E-state index in [0.29, 0.717) is 23.1 Å². The monoisotopic (exact) mass is 422 g/mol. The summed E-state index contributed by atoms with van der Waals surface area (Å²) in [6, 6.07) is 9.40. The zero-order chi connectivity index (χ0) is 21.0. The largest absolute Gasteiger partial charge is 0.439 e. The van der Waals surface area contributed by atoms with E-state index >= 15 is 0 Å². The van der Waals surface area contributed by atoms with Crippen LogP contribution in [0.5, 0.6) is 11.6 Å². The second kappa shape index (κ2) is 8.65. The highest BCUT2D eigenvalue weighted by atomic mass is 35.5. The van der Waals surface area contributed by atoms with Gasteiger partial charge in [-0.15, -0.1) is 0 Å². The molecule has 0 amide bonds. The molecule has 3 aromatic rings. The summed E-state index contributed by atoms with van der Waals surface area (Å²) in [6.07, 6.45) is -1.45. The van der Waals surface area contributed by atoms with Gasteiger partial charge >= 0.3 is 6.18 Å². The van der Waals surface area contributed by atoms with Crippen molar-refractivity contribution in [3.8, 4) is 11.6 Å². The van der Waals surface area contributed by atoms with Crippen LogP contribution in [-0.4, -0.2) is 28.5 Å². The molecule has 0 aliphatic heterocycles. The van der Waals surface area contributed by atoms with E-state index in [4.69, 9.17) is 16.3 Å². The summed E-state index contributed by atoms with van der Waals surface area (Å²) >= 11 is 6.25. The number of nitrogens with zero attached hydrogens (tertiary/aromatic N) is 4. The number of pyridine rings is 1. The van der Waals surface area contributed by atoms with Gasteiger partial charge in [0.2, 0.25) is 5.88 Å². The third kappa shape index (κ3) is 5.35. The minimum Gasteiger partial charge on any atom is -0.439 e. The van der Waals surface area contributed by atoms with Crippen molar-refractivity contribution in [2.75, 3.05) is 18.5 Å². The van der Waals surface area contributed by atoms with Crippen molar-refractivity contribution in [1.82, 2.24) is 15.0 Å². The average Bonchev–Trinajstić information content (AvgIpc) is 2.69. The van der Waals surface area contributed by atoms with Gasteiger partial charge in [-0.1, -0.05) is 23.7 Å². The van der Waals surface area contributed by atoms with Crippen molar-refractivity contribution in [3.05, 3.63) is 70.8 Å². The minimum absolute atomic E-state index is 0.0965. The molecule has 0 unspecified atom stereocenters. The van der Waals surface area contributed by atoms with Crippen LogP contribution in [0, 0.1) is 6.92 Å². The third-order valence-corrected chi connectivity index (χ3v) is 4.69. The minimum atomic E-state index is -4.42. The molecule has 29 heavy (non-hydrogen) atoms. The van der Waals surface area contributed by atoms with Gasteiger partial charge in [0.25, 0.3) is 0 Å². The predicted octanol–water partition coefficient (Wildman–Crippen LogP) is 5.32. The number of alkyl halides is 3. The smallest absolute Gasteiger partial charge is 0.417 e. The van der Waals surface area contributed by atoms with Crippen LogP contribution >= 0.6 is 11.6 Å². The second-order valence-electron chi connectivity index (χ2n) is 6.40. The molecule has 3 rings (SSSR count). The summed E-state index contributed by atoms with van der Waals surface area (Å²) in [5, 5.41) is 0.530. The maximum atomic E-state index is 12.6. The van der Waals surface area contributed by atoms with Gasteiger partial charge in [0.15, 0.2) is 5.82 Å². The van der Waals surface area contributed by atoms with Crippen LogP contribution in [0.1, 0.15) is 16.8 Å². The fourth-order valence-corrected chi connectivity index (χ4v) is 2.81. The van der Waals surface area contributed by atoms with Crippen molar-refractivity contribution in [3.63, 3.8) is 0 Å². The van der Waals surface area contributed by atoms with E-state index in [2.05, 4.69) is 15.0 Å². The maximum Gasteiger partial charge on any atom is 0.417 e. The molecular weight excluding hydrogens is 405 g/mol. The quantitative estimate of drug-likeness (QED) is 0.538. The number of aryl methyl sites for hydroxylation is 1. The summed E-state index contributed by atoms with van der Waals surface area (Å²) in [7, 11) is 1.90. The van der Waals surface area contributed by atoms with Gasteiger partial charge in [0.1, 0.15) is 17.1 Å². The lowest BCUT2D eigenvalue weighted by Gasteiger charge is -2.19. The molecule has 0 saturated carbocycles. The fourth-order valence-electron chi connectivity index (χ4n) is 2.57. The summed E-state index contributed by atoms with van der Waals surface area (Å²) in [5.74, 6) is 1.26. The topological polar surface area (TPSA) is 51.1 Å². The normalized spacial score (nSPS) is 11.4. The molecule has 0 N–H and O–H groups in total. The number of rotatable bonds is 6. The van der Waals surface area contributed by atoms with Gasteiger partial charge in [-0.25, -0.2) is 15.0 Å². The number of likely N-dealkylation sites (N-methyl/N-ethyl adjacent to an activating group) is 1. The molecule has 2 heterocycles. The molecule has 0 atom stereocenters. The molecule has 152 valence electrons. The Balaban J connectivity index is 1.58. The molecular formula is C20H18ClF3N4O. The highest BCUT2D eigenvalue weighted by Crippen LogP contribution is 2.30. The van der Waals surface area contributed by atoms with E-state index in [1.807, 2.05) is 31.0 Å². The Morgan fingerprint density at radius 3 is 2.38 bits per heavy atom. The number of hydrogen-bond acceptors (Lipinski definition) is 5. The lowest BCUT2D eigenvalue weighted by molar-refractivity contribution is -0.137. The van der Waals surface area contributed by atoms with Gasteiger partial charge in [0.05, 0.1) is 11.3 Å². The van der Waals surface area contributed by atoms with Gasteiger partial charge in [-0.3, -0.25) is 0 Å². The van der Waals surface area contributed by atoms with Gasteiger partial charge < -0.3 is 9.64 Å². The lowest BCUT2D eigenvalue weighted by atomic mass is 10.1. The Morgan fingerprint density at radius 1 is 1.03 bits per heavy atom. The van der Waals surface area contributed by atoms with E-state index in [1.165, 1.54) is 12.4 Å². The molecule has 0 saturated heterocycles. The first-order valence-electron chi connectivity index (χ1n) is 8.72. The van der Waals surface area contributed by atoms with Crippen LogP contribution in [0.3, 0.4) is 0 Å². The Labute approximate surface area is 171 Å². The van der Waals surface area contributed by atoms with Gasteiger partial charge in [-0.2, -0.15) is 13.2 Å². The van der Waals surface area contributed by atoms with Crippen LogP contribution in [0.25, 0.3) is 0 Å². The summed E-state index contributed by atoms with van der Waals surface area (Å²) in [4.78, 5) is 13.9. The van der Waals surface area contributed by atoms with Crippen LogP contribution in [0.2, 0.25) is 5.02 Å². The summed E-state index contributed by atoms with van der Waals surface area (Å²) in [5.41, 5.74) is 0.969. The van der Waals surface area contributed by atoms with Gasteiger partial charge in [-0.05, 0) is 37.1 Å². The zero-order valence-electron chi connectivity index (χ0n) is 15.7. The highest BCUT2D eigenvalue weighted by molar-refractivity contribution is 6.33. The van der Waals surface area contributed by atoms with Crippen LogP contribution in [-0.2, 0) is 12.6 Å². The SMILES string of the molecule is Cc1ncnc(N(C)CCc2ccc(Oc3ccc(C(F)(F)F)cn3)cc2)c1Cl. The number of benzene rings is 1. The number of anilines is 1. The molecule has 0 aliphatic carbocycles. The van der Waals surface area contributed by atoms with Crippen molar-refractivity contribution in [2.45, 2.75) is 19.5 Å². The maximum absolute atomic E-state index is 12.6. The van der Waals surface area contributed by atoms with E-state index in [-0.39, 0.29) is 5.88 Å². The molecule has 0 aliphatic rings. The first-order valence-corrected chi connectivity index (χ1v) is 9.10. The second-order valence-corrected chi connectivity index (χ2v) is 6.78. The van der Waals surface area contributed by atoms with E-state index < -0.39 is 11.7 Å². The Hall–Kier alpha value is -2.87. The Morgan fingerprint density at radius 2 is 1.76 bits per heavy atom. The molecule has 0 spiro atoms. The molecule has 2 aromatic heterocycles. The number of ether oxygens (including phenoxy) is 1. The van der Waals surface area contributed by atoms with E-state index in [0.717, 1.165) is 29.9 Å². The number of hydrogen-bond donors (Lipinski definition) is 0. The molecule has 0 radical (unpaired) electrons. The van der Waals surface area contributed by atoms with Crippen molar-refractivity contribution < 1.29 is 17.9 Å². The zero-order valence-corrected chi connectivity index (χ0v) is 16.5. The van der Waals surface area contributed by atoms with E-state index in [1.54, 1.807) is 12.1 Å². The molecule has 0 fully saturated rings. The van der Waals surface area contributed by atoms with Crippen LogP contribution < -0.4 is 9.64 Å².